The second-order valence-electron chi connectivity index (χ2n) is 7.69. The van der Waals surface area contributed by atoms with Crippen LogP contribution in [0.4, 0.5) is 0 Å². The van der Waals surface area contributed by atoms with E-state index in [0.717, 1.165) is 53.3 Å². The Labute approximate surface area is 176 Å². The van der Waals surface area contributed by atoms with Gasteiger partial charge in [-0.2, -0.15) is 0 Å². The van der Waals surface area contributed by atoms with Gasteiger partial charge in [0.15, 0.2) is 5.16 Å². The fraction of sp³-hybridized carbons (Fsp3) is 0.435. The van der Waals surface area contributed by atoms with Crippen LogP contribution in [0, 0.1) is 0 Å². The van der Waals surface area contributed by atoms with Crippen LogP contribution in [-0.4, -0.2) is 38.1 Å². The number of fused-ring (bicyclic) bond motifs is 1. The van der Waals surface area contributed by atoms with E-state index in [1.165, 1.54) is 24.6 Å². The van der Waals surface area contributed by atoms with E-state index in [1.54, 1.807) is 0 Å². The summed E-state index contributed by atoms with van der Waals surface area (Å²) in [4.78, 5) is 24.9. The van der Waals surface area contributed by atoms with Crippen LogP contribution < -0.4 is 0 Å². The Balaban J connectivity index is 1.75. The first-order valence-corrected chi connectivity index (χ1v) is 11.7. The number of thioether (sulfide) groups is 1. The van der Waals surface area contributed by atoms with E-state index < -0.39 is 0 Å². The third-order valence-electron chi connectivity index (χ3n) is 5.64. The minimum atomic E-state index is 0.0892. The van der Waals surface area contributed by atoms with Gasteiger partial charge in [0.1, 0.15) is 11.3 Å². The van der Waals surface area contributed by atoms with Gasteiger partial charge in [0, 0.05) is 30.7 Å². The van der Waals surface area contributed by atoms with Crippen molar-refractivity contribution in [3.8, 4) is 0 Å². The number of benzene rings is 1. The maximum atomic E-state index is 13.7. The van der Waals surface area contributed by atoms with Gasteiger partial charge in [0.2, 0.25) is 0 Å². The average molecular weight is 409 g/mol. The number of carbonyl (C=O) groups excluding carboxylic acids is 1. The first kappa shape index (κ1) is 20.0. The van der Waals surface area contributed by atoms with Crippen molar-refractivity contribution in [2.24, 2.45) is 0 Å². The van der Waals surface area contributed by atoms with Crippen molar-refractivity contribution >= 4 is 28.7 Å². The molecular formula is C23H28N4OS. The number of rotatable bonds is 7. The molecule has 0 N–H and O–H groups in total. The molecule has 4 rings (SSSR count). The number of carbonyl (C=O) groups is 1. The molecule has 0 radical (unpaired) electrons. The summed E-state index contributed by atoms with van der Waals surface area (Å²) in [7, 11) is 0. The number of hydrogen-bond acceptors (Lipinski definition) is 4. The molecule has 2 heterocycles. The van der Waals surface area contributed by atoms with Gasteiger partial charge < -0.3 is 9.47 Å². The molecule has 1 aliphatic carbocycles. The van der Waals surface area contributed by atoms with Crippen LogP contribution in [0.3, 0.4) is 0 Å². The van der Waals surface area contributed by atoms with E-state index in [-0.39, 0.29) is 5.91 Å². The van der Waals surface area contributed by atoms with Crippen molar-refractivity contribution in [2.75, 3.05) is 12.8 Å². The number of hydrogen-bond donors (Lipinski definition) is 0. The minimum absolute atomic E-state index is 0.0892. The van der Waals surface area contributed by atoms with Crippen LogP contribution in [0.2, 0.25) is 0 Å². The smallest absolute Gasteiger partial charge is 0.270 e. The molecule has 1 aromatic carbocycles. The van der Waals surface area contributed by atoms with Crippen molar-refractivity contribution in [1.29, 1.82) is 0 Å². The molecule has 0 bridgehead atoms. The molecule has 29 heavy (non-hydrogen) atoms. The topological polar surface area (TPSA) is 51.0 Å². The molecule has 152 valence electrons. The summed E-state index contributed by atoms with van der Waals surface area (Å²) in [6.07, 6.45) is 9.40. The lowest BCUT2D eigenvalue weighted by atomic mass is 10.2. The summed E-state index contributed by atoms with van der Waals surface area (Å²) in [6.45, 7) is 3.48. The summed E-state index contributed by atoms with van der Waals surface area (Å²) < 4.78 is 2.21. The summed E-state index contributed by atoms with van der Waals surface area (Å²) in [5.41, 5.74) is 2.81. The molecule has 3 aromatic rings. The van der Waals surface area contributed by atoms with Crippen molar-refractivity contribution in [1.82, 2.24) is 19.4 Å². The van der Waals surface area contributed by atoms with E-state index >= 15 is 0 Å². The predicted octanol–water partition coefficient (Wildman–Crippen LogP) is 5.32. The van der Waals surface area contributed by atoms with E-state index in [1.807, 2.05) is 41.6 Å². The molecule has 0 aliphatic heterocycles. The zero-order valence-electron chi connectivity index (χ0n) is 17.2. The van der Waals surface area contributed by atoms with Crippen molar-refractivity contribution in [3.05, 3.63) is 53.9 Å². The molecule has 2 aromatic heterocycles. The molecule has 1 amide bonds. The summed E-state index contributed by atoms with van der Waals surface area (Å²) in [5, 5.41) is 1.71. The molecule has 1 aliphatic rings. The molecule has 0 saturated heterocycles. The van der Waals surface area contributed by atoms with Crippen LogP contribution in [-0.2, 0) is 6.54 Å². The zero-order chi connectivity index (χ0) is 20.2. The fourth-order valence-corrected chi connectivity index (χ4v) is 4.61. The monoisotopic (exact) mass is 408 g/mol. The van der Waals surface area contributed by atoms with Gasteiger partial charge in [-0.05, 0) is 37.1 Å². The van der Waals surface area contributed by atoms with Gasteiger partial charge in [-0.3, -0.25) is 4.79 Å². The number of nitrogens with zero attached hydrogens (tertiary/aromatic N) is 4. The lowest BCUT2D eigenvalue weighted by Gasteiger charge is -2.24. The molecule has 1 saturated carbocycles. The second-order valence-corrected chi connectivity index (χ2v) is 8.46. The Hall–Kier alpha value is -2.34. The summed E-state index contributed by atoms with van der Waals surface area (Å²) in [5.74, 6) is 0.0892. The summed E-state index contributed by atoms with van der Waals surface area (Å²) >= 11 is 1.54. The molecule has 1 fully saturated rings. The van der Waals surface area contributed by atoms with Crippen LogP contribution >= 0.6 is 11.8 Å². The highest BCUT2D eigenvalue weighted by Gasteiger charge is 2.28. The van der Waals surface area contributed by atoms with Gasteiger partial charge in [-0.1, -0.05) is 61.9 Å². The van der Waals surface area contributed by atoms with Crippen LogP contribution in [0.1, 0.15) is 61.1 Å². The van der Waals surface area contributed by atoms with Crippen LogP contribution in [0.5, 0.6) is 0 Å². The zero-order valence-corrected chi connectivity index (χ0v) is 18.0. The highest BCUT2D eigenvalue weighted by atomic mass is 32.2. The van der Waals surface area contributed by atoms with Gasteiger partial charge >= 0.3 is 0 Å². The predicted molar refractivity (Wildman–Crippen MR) is 118 cm³/mol. The van der Waals surface area contributed by atoms with Gasteiger partial charge in [0.25, 0.3) is 5.91 Å². The molecular weight excluding hydrogens is 380 g/mol. The molecule has 0 spiro atoms. The van der Waals surface area contributed by atoms with Crippen molar-refractivity contribution in [2.45, 2.75) is 56.8 Å². The Bertz CT molecular complexity index is 979. The van der Waals surface area contributed by atoms with Crippen molar-refractivity contribution in [3.63, 3.8) is 0 Å². The van der Waals surface area contributed by atoms with Crippen LogP contribution in [0.15, 0.2) is 47.8 Å². The van der Waals surface area contributed by atoms with E-state index in [9.17, 15) is 4.79 Å². The number of aromatic nitrogens is 3. The molecule has 0 unspecified atom stereocenters. The third-order valence-corrected chi connectivity index (χ3v) is 6.20. The lowest BCUT2D eigenvalue weighted by Crippen LogP contribution is -2.33. The fourth-order valence-electron chi connectivity index (χ4n) is 4.28. The second kappa shape index (κ2) is 8.99. The molecule has 6 heteroatoms. The Kier molecular flexibility index (Phi) is 6.19. The maximum Gasteiger partial charge on any atom is 0.270 e. The number of amides is 1. The molecule has 5 nitrogen and oxygen atoms in total. The quantitative estimate of drug-likeness (QED) is 0.392. The first-order chi connectivity index (χ1) is 14.2. The van der Waals surface area contributed by atoms with Gasteiger partial charge in [0.05, 0.1) is 0 Å². The SMILES string of the molecule is CCCN(Cc1ccccc1)C(=O)c1cc2cnc(SC)nc2n1C1CCCC1. The highest BCUT2D eigenvalue weighted by molar-refractivity contribution is 7.98. The molecule has 0 atom stereocenters. The summed E-state index contributed by atoms with van der Waals surface area (Å²) in [6, 6.07) is 12.6. The highest BCUT2D eigenvalue weighted by Crippen LogP contribution is 2.35. The van der Waals surface area contributed by atoms with Gasteiger partial charge in [-0.15, -0.1) is 0 Å². The normalized spacial score (nSPS) is 14.6. The Morgan fingerprint density at radius 3 is 2.69 bits per heavy atom. The Morgan fingerprint density at radius 2 is 2.00 bits per heavy atom. The van der Waals surface area contributed by atoms with E-state index in [2.05, 4.69) is 28.6 Å². The van der Waals surface area contributed by atoms with Crippen LogP contribution in [0.25, 0.3) is 11.0 Å². The van der Waals surface area contributed by atoms with E-state index in [0.29, 0.717) is 12.6 Å². The largest absolute Gasteiger partial charge is 0.333 e. The van der Waals surface area contributed by atoms with Gasteiger partial charge in [-0.25, -0.2) is 9.97 Å². The maximum absolute atomic E-state index is 13.7. The lowest BCUT2D eigenvalue weighted by molar-refractivity contribution is 0.0730. The standard InChI is InChI=1S/C23H28N4OS/c1-3-13-26(16-17-9-5-4-6-10-17)22(28)20-14-18-15-24-23(29-2)25-21(18)27(20)19-11-7-8-12-19/h4-6,9-10,14-15,19H,3,7-8,11-13,16H2,1-2H3. The first-order valence-electron chi connectivity index (χ1n) is 10.5. The minimum Gasteiger partial charge on any atom is -0.333 e. The third kappa shape index (κ3) is 4.17. The van der Waals surface area contributed by atoms with E-state index in [4.69, 9.17) is 4.98 Å². The average Bonchev–Trinajstić information content (AvgIpc) is 3.40. The Morgan fingerprint density at radius 1 is 1.24 bits per heavy atom. The van der Waals surface area contributed by atoms with Crippen molar-refractivity contribution < 1.29 is 4.79 Å².